The molecule has 6 rings (SSSR count). The number of benzene rings is 2. The average Bonchev–Trinajstić information content (AvgIpc) is 4.03. The van der Waals surface area contributed by atoms with E-state index < -0.39 is 148 Å². The van der Waals surface area contributed by atoms with E-state index in [0.29, 0.717) is 22.3 Å². The number of esters is 1. The van der Waals surface area contributed by atoms with Gasteiger partial charge < -0.3 is 46.7 Å². The van der Waals surface area contributed by atoms with Crippen molar-refractivity contribution in [2.75, 3.05) is 13.1 Å². The molecule has 1 saturated carbocycles. The highest BCUT2D eigenvalue weighted by Gasteiger charge is 2.51. The van der Waals surface area contributed by atoms with E-state index in [1.165, 1.54) is 24.0 Å². The molecule has 1 aromatic heterocycles. The number of carbonyl (C=O) groups excluding carboxylic acids is 8. The number of allylic oxidation sites excluding steroid dienone is 1. The number of carbonyl (C=O) groups is 8. The maximum absolute atomic E-state index is 15.2. The van der Waals surface area contributed by atoms with Crippen molar-refractivity contribution in [3.05, 3.63) is 127 Å². The van der Waals surface area contributed by atoms with Crippen LogP contribution in [0.4, 0.5) is 0 Å². The number of rotatable bonds is 19. The number of hydrogen-bond acceptors (Lipinski definition) is 14. The Kier molecular flexibility index (Phi) is 21.3. The van der Waals surface area contributed by atoms with Gasteiger partial charge in [0.15, 0.2) is 0 Å². The molecule has 2 saturated heterocycles. The van der Waals surface area contributed by atoms with Gasteiger partial charge >= 0.3 is 5.97 Å². The molecular weight excluding hydrogens is 1060 g/mol. The highest BCUT2D eigenvalue weighted by atomic mass is 35.5. The summed E-state index contributed by atoms with van der Waals surface area (Å²) in [6, 6.07) is 7.91. The molecule has 1 aliphatic carbocycles. The Bertz CT molecular complexity index is 2780. The van der Waals surface area contributed by atoms with Gasteiger partial charge in [-0.15, -0.1) is 0 Å². The summed E-state index contributed by atoms with van der Waals surface area (Å²) in [4.78, 5) is 142. The van der Waals surface area contributed by atoms with Crippen molar-refractivity contribution in [1.82, 2.24) is 41.5 Å². The minimum absolute atomic E-state index is 0.000578. The molecular formula is C55H71ClN10O14. The third kappa shape index (κ3) is 15.5. The van der Waals surface area contributed by atoms with Crippen LogP contribution >= 0.6 is 11.6 Å². The normalized spacial score (nSPS) is 26.6. The fourth-order valence-electron chi connectivity index (χ4n) is 10.3. The Labute approximate surface area is 467 Å². The lowest BCUT2D eigenvalue weighted by Crippen LogP contribution is -2.62. The first-order valence-corrected chi connectivity index (χ1v) is 27.3. The summed E-state index contributed by atoms with van der Waals surface area (Å²) in [5.41, 5.74) is 0.745. The minimum Gasteiger partial charge on any atom is -0.458 e. The fraction of sp³-hybridized carbons (Fsp3) is 0.527. The van der Waals surface area contributed by atoms with Crippen molar-refractivity contribution in [2.24, 2.45) is 17.8 Å². The molecule has 0 bridgehead atoms. The van der Waals surface area contributed by atoms with Crippen molar-refractivity contribution in [2.45, 2.75) is 153 Å². The smallest absolute Gasteiger partial charge is 0.329 e. The van der Waals surface area contributed by atoms with E-state index in [1.54, 1.807) is 94.4 Å². The van der Waals surface area contributed by atoms with E-state index >= 15 is 14.4 Å². The third-order valence-electron chi connectivity index (χ3n) is 15.4. The Morgan fingerprint density at radius 2 is 1.41 bits per heavy atom. The van der Waals surface area contributed by atoms with E-state index in [9.17, 15) is 49.4 Å². The zero-order valence-electron chi connectivity index (χ0n) is 45.5. The Morgan fingerprint density at radius 1 is 0.825 bits per heavy atom. The van der Waals surface area contributed by atoms with Crippen molar-refractivity contribution in [3.63, 3.8) is 0 Å². The third-order valence-corrected chi connectivity index (χ3v) is 15.7. The second-order valence-corrected chi connectivity index (χ2v) is 21.4. The highest BCUT2D eigenvalue weighted by Crippen LogP contribution is 2.37. The molecule has 14 atom stereocenters. The number of nitrogens with zero attached hydrogens (tertiary/aromatic N) is 4. The van der Waals surface area contributed by atoms with Crippen molar-refractivity contribution >= 4 is 58.9 Å². The van der Waals surface area contributed by atoms with E-state index in [0.717, 1.165) is 0 Å². The van der Waals surface area contributed by atoms with Crippen LogP contribution in [0.2, 0.25) is 5.15 Å². The molecule has 24 nitrogen and oxygen atoms in total. The number of fused-ring (bicyclic) bond motifs is 1. The number of cyclic esters (lactones) is 1. The number of unbranched alkanes of at least 4 members (excludes halogenated alkanes) is 1. The maximum atomic E-state index is 15.2. The molecule has 7 N–H and O–H groups in total. The predicted octanol–water partition coefficient (Wildman–Crippen LogP) is 3.80. The van der Waals surface area contributed by atoms with Crippen LogP contribution in [-0.4, -0.2) is 140 Å². The number of aromatic nitrogens is 1. The Morgan fingerprint density at radius 3 is 1.95 bits per heavy atom. The van der Waals surface area contributed by atoms with Gasteiger partial charge in [0, 0.05) is 47.0 Å². The maximum Gasteiger partial charge on any atom is 0.329 e. The molecule has 3 aliphatic rings. The second-order valence-electron chi connectivity index (χ2n) is 21.0. The fourth-order valence-corrected chi connectivity index (χ4v) is 10.4. The van der Waals surface area contributed by atoms with Gasteiger partial charge in [-0.1, -0.05) is 119 Å². The highest BCUT2D eigenvalue weighted by molar-refractivity contribution is 6.30. The van der Waals surface area contributed by atoms with Crippen LogP contribution < -0.4 is 31.9 Å². The standard InChI is InChI=1S/C55H71ClN10O14/c1-7-17-34-26-42-55(74)80-33(6)47(62-48(67)38(22-15-16-25-64(75)76)57-50(69)40-23-24-43(56)65(40)77)53(72)61-45(31(4)35-18-11-9-12-19-35)51(70)58-39(27-37-28-41(37)66(78)79)49(68)60-46(32(5)36-20-13-10-14-21-36)52(71)59-44(30(3)8-2)54(73)63(42)29-34/h7,9-14,17-21,23-24,30-34,37-39,41-42,44-47,77H,8,15-16,22,25-29H2,1-6H3,(H,57,69)(H,58,70)(H,59,71)(H,60,68)(H,61,72)(H,62,67)/b17-7-/t30-,31+,32+,33+,34-,37+,38-,39+,41+,42-,44-,45-,46-,47+/m0/s1. The molecule has 80 heavy (non-hydrogen) atoms. The number of nitrogens with one attached hydrogen (secondary N) is 6. The number of halogens is 1. The lowest BCUT2D eigenvalue weighted by atomic mass is 9.90. The zero-order valence-corrected chi connectivity index (χ0v) is 46.2. The number of hydrogen-bond donors (Lipinski definition) is 7. The van der Waals surface area contributed by atoms with Crippen LogP contribution in [0.5, 0.6) is 0 Å². The first-order chi connectivity index (χ1) is 38.0. The van der Waals surface area contributed by atoms with Crippen molar-refractivity contribution < 1.29 is 58.1 Å². The van der Waals surface area contributed by atoms with Gasteiger partial charge in [-0.05, 0) is 74.6 Å². The second kappa shape index (κ2) is 27.8. The first-order valence-electron chi connectivity index (χ1n) is 26.9. The largest absolute Gasteiger partial charge is 0.458 e. The molecule has 432 valence electrons. The summed E-state index contributed by atoms with van der Waals surface area (Å²) < 4.78 is 6.44. The predicted molar refractivity (Wildman–Crippen MR) is 290 cm³/mol. The minimum atomic E-state index is -1.91. The van der Waals surface area contributed by atoms with Gasteiger partial charge in [-0.25, -0.2) is 4.79 Å². The Hall–Kier alpha value is -7.89. The van der Waals surface area contributed by atoms with E-state index in [4.69, 9.17) is 16.3 Å². The summed E-state index contributed by atoms with van der Waals surface area (Å²) in [7, 11) is 0. The summed E-state index contributed by atoms with van der Waals surface area (Å²) >= 11 is 5.98. The van der Waals surface area contributed by atoms with Crippen LogP contribution in [0, 0.1) is 38.0 Å². The Balaban J connectivity index is 1.48. The number of amides is 7. The van der Waals surface area contributed by atoms with Gasteiger partial charge in [0.2, 0.25) is 48.0 Å². The van der Waals surface area contributed by atoms with Gasteiger partial charge in [0.25, 0.3) is 5.91 Å². The molecule has 0 radical (unpaired) electrons. The quantitative estimate of drug-likeness (QED) is 0.0224. The van der Waals surface area contributed by atoms with Crippen LogP contribution in [0.15, 0.2) is 84.9 Å². The van der Waals surface area contributed by atoms with Crippen LogP contribution in [0.1, 0.15) is 120 Å². The average molecular weight is 1130 g/mol. The molecule has 3 aromatic rings. The molecule has 3 heterocycles. The summed E-state index contributed by atoms with van der Waals surface area (Å²) in [6.07, 6.45) is 1.89. The SMILES string of the molecule is C/C=C\[C@H]1C[C@H]2C(=O)O[C@H](C)[C@@H](NC(=O)[C@H](CCCC[N+](=O)[O-])NC(=O)c3ccc(Cl)n3O)C(=O)N[C@@H]([C@H](C)c3ccccc3)C(=O)N[C@H](C[C@@H]3C[C@H]3[N+](=O)[O-])C(=O)N[C@@H]([C@H](C)c3ccccc3)C(=O)N[C@@H]([C@@H](C)CC)C(=O)N2C1. The number of nitro groups is 2. The van der Waals surface area contributed by atoms with Crippen LogP contribution in [0.3, 0.4) is 0 Å². The van der Waals surface area contributed by atoms with Gasteiger partial charge in [0.1, 0.15) is 59.2 Å². The lowest BCUT2D eigenvalue weighted by molar-refractivity contribution is -0.498. The molecule has 3 fully saturated rings. The van der Waals surface area contributed by atoms with E-state index in [2.05, 4.69) is 31.9 Å². The molecule has 2 aromatic carbocycles. The summed E-state index contributed by atoms with van der Waals surface area (Å²) in [6.45, 7) is 9.42. The molecule has 0 spiro atoms. The summed E-state index contributed by atoms with van der Waals surface area (Å²) in [5.74, 6) is -10.8. The van der Waals surface area contributed by atoms with E-state index in [-0.39, 0.29) is 55.9 Å². The van der Waals surface area contributed by atoms with Crippen LogP contribution in [0.25, 0.3) is 0 Å². The first kappa shape index (κ1) is 61.3. The topological polar surface area (TPSA) is 333 Å². The van der Waals surface area contributed by atoms with Crippen molar-refractivity contribution in [1.29, 1.82) is 0 Å². The molecule has 7 amide bonds. The number of ether oxygens (including phenoxy) is 1. The molecule has 2 aliphatic heterocycles. The van der Waals surface area contributed by atoms with Gasteiger partial charge in [-0.2, -0.15) is 4.73 Å². The zero-order chi connectivity index (χ0) is 58.5. The van der Waals surface area contributed by atoms with Crippen molar-refractivity contribution in [3.8, 4) is 0 Å². The van der Waals surface area contributed by atoms with Crippen LogP contribution in [-0.2, 0) is 38.3 Å². The monoisotopic (exact) mass is 1130 g/mol. The summed E-state index contributed by atoms with van der Waals surface area (Å²) in [5, 5.41) is 49.6. The molecule has 25 heteroatoms. The molecule has 0 unspecified atom stereocenters. The lowest BCUT2D eigenvalue weighted by Gasteiger charge is -2.34. The van der Waals surface area contributed by atoms with Gasteiger partial charge in [-0.3, -0.25) is 53.8 Å². The van der Waals surface area contributed by atoms with E-state index in [1.807, 2.05) is 13.0 Å². The van der Waals surface area contributed by atoms with Gasteiger partial charge in [0.05, 0.1) is 0 Å².